The van der Waals surface area contributed by atoms with E-state index in [9.17, 15) is 9.18 Å². The molecule has 0 saturated carbocycles. The highest BCUT2D eigenvalue weighted by atomic mass is 19.1. The van der Waals surface area contributed by atoms with Crippen molar-refractivity contribution in [3.05, 3.63) is 35.6 Å². The van der Waals surface area contributed by atoms with E-state index in [1.54, 1.807) is 30.0 Å². The zero-order valence-electron chi connectivity index (χ0n) is 9.61. The summed E-state index contributed by atoms with van der Waals surface area (Å²) < 4.78 is 13.4. The van der Waals surface area contributed by atoms with E-state index in [-0.39, 0.29) is 18.3 Å². The van der Waals surface area contributed by atoms with Crippen LogP contribution in [-0.4, -0.2) is 23.4 Å². The summed E-state index contributed by atoms with van der Waals surface area (Å²) in [7, 11) is 0. The standard InChI is InChI=1S/C12H17FN2O/c1-3-15(12(16)9(2)14)8-10-6-4-5-7-11(10)13/h4-7,9H,3,8,14H2,1-2H3/t9-/m0/s1. The number of amides is 1. The van der Waals surface area contributed by atoms with Crippen molar-refractivity contribution in [3.63, 3.8) is 0 Å². The average Bonchev–Trinajstić information content (AvgIpc) is 2.27. The van der Waals surface area contributed by atoms with E-state index in [1.807, 2.05) is 6.92 Å². The first-order valence-electron chi connectivity index (χ1n) is 5.34. The largest absolute Gasteiger partial charge is 0.337 e. The summed E-state index contributed by atoms with van der Waals surface area (Å²) in [6.07, 6.45) is 0. The third-order valence-corrected chi connectivity index (χ3v) is 2.40. The quantitative estimate of drug-likeness (QED) is 0.842. The Hall–Kier alpha value is -1.42. The Morgan fingerprint density at radius 3 is 2.62 bits per heavy atom. The predicted octanol–water partition coefficient (Wildman–Crippen LogP) is 1.52. The molecule has 0 fully saturated rings. The summed E-state index contributed by atoms with van der Waals surface area (Å²) in [6.45, 7) is 4.27. The van der Waals surface area contributed by atoms with Crippen LogP contribution in [0.15, 0.2) is 24.3 Å². The third-order valence-electron chi connectivity index (χ3n) is 2.40. The first kappa shape index (κ1) is 12.6. The molecule has 0 aliphatic heterocycles. The Morgan fingerprint density at radius 1 is 1.50 bits per heavy atom. The number of hydrogen-bond donors (Lipinski definition) is 1. The number of nitrogens with two attached hydrogens (primary N) is 1. The number of likely N-dealkylation sites (N-methyl/N-ethyl adjacent to an activating group) is 1. The van der Waals surface area contributed by atoms with Gasteiger partial charge in [-0.2, -0.15) is 0 Å². The van der Waals surface area contributed by atoms with Crippen LogP contribution in [0.5, 0.6) is 0 Å². The molecule has 1 amide bonds. The maximum absolute atomic E-state index is 13.4. The van der Waals surface area contributed by atoms with Gasteiger partial charge in [0.1, 0.15) is 5.82 Å². The van der Waals surface area contributed by atoms with Crippen molar-refractivity contribution >= 4 is 5.91 Å². The van der Waals surface area contributed by atoms with E-state index in [1.165, 1.54) is 6.07 Å². The molecule has 0 spiro atoms. The molecule has 0 aliphatic rings. The molecule has 0 saturated heterocycles. The van der Waals surface area contributed by atoms with Gasteiger partial charge in [-0.25, -0.2) is 4.39 Å². The van der Waals surface area contributed by atoms with Crippen molar-refractivity contribution < 1.29 is 9.18 Å². The van der Waals surface area contributed by atoms with E-state index >= 15 is 0 Å². The molecule has 88 valence electrons. The summed E-state index contributed by atoms with van der Waals surface area (Å²) in [5.41, 5.74) is 6.03. The minimum absolute atomic E-state index is 0.161. The van der Waals surface area contributed by atoms with Crippen molar-refractivity contribution in [2.24, 2.45) is 5.73 Å². The van der Waals surface area contributed by atoms with Crippen LogP contribution in [0.3, 0.4) is 0 Å². The first-order chi connectivity index (χ1) is 7.56. The van der Waals surface area contributed by atoms with Crippen molar-refractivity contribution in [1.82, 2.24) is 4.90 Å². The van der Waals surface area contributed by atoms with Crippen molar-refractivity contribution in [1.29, 1.82) is 0 Å². The molecule has 0 aliphatic carbocycles. The minimum atomic E-state index is -0.549. The highest BCUT2D eigenvalue weighted by Gasteiger charge is 2.17. The van der Waals surface area contributed by atoms with Gasteiger partial charge < -0.3 is 10.6 Å². The second kappa shape index (κ2) is 5.61. The maximum atomic E-state index is 13.4. The van der Waals surface area contributed by atoms with Gasteiger partial charge in [0.25, 0.3) is 0 Å². The molecule has 2 N–H and O–H groups in total. The Balaban J connectivity index is 2.78. The molecule has 0 radical (unpaired) electrons. The van der Waals surface area contributed by atoms with Gasteiger partial charge in [-0.05, 0) is 19.9 Å². The summed E-state index contributed by atoms with van der Waals surface area (Å²) in [5, 5.41) is 0. The number of halogens is 1. The van der Waals surface area contributed by atoms with Crippen LogP contribution >= 0.6 is 0 Å². The molecule has 16 heavy (non-hydrogen) atoms. The van der Waals surface area contributed by atoms with E-state index in [0.29, 0.717) is 12.1 Å². The van der Waals surface area contributed by atoms with Crippen LogP contribution in [0.2, 0.25) is 0 Å². The van der Waals surface area contributed by atoms with Gasteiger partial charge in [-0.3, -0.25) is 4.79 Å². The molecule has 4 heteroatoms. The second-order valence-electron chi connectivity index (χ2n) is 3.73. The highest BCUT2D eigenvalue weighted by molar-refractivity contribution is 5.81. The lowest BCUT2D eigenvalue weighted by molar-refractivity contribution is -0.132. The summed E-state index contributed by atoms with van der Waals surface area (Å²) in [5.74, 6) is -0.454. The van der Waals surface area contributed by atoms with Crippen LogP contribution in [0.4, 0.5) is 4.39 Å². The maximum Gasteiger partial charge on any atom is 0.239 e. The first-order valence-corrected chi connectivity index (χ1v) is 5.34. The van der Waals surface area contributed by atoms with Gasteiger partial charge in [0, 0.05) is 18.7 Å². The van der Waals surface area contributed by atoms with Gasteiger partial charge in [0.05, 0.1) is 6.04 Å². The zero-order valence-corrected chi connectivity index (χ0v) is 9.61. The number of carbonyl (C=O) groups is 1. The van der Waals surface area contributed by atoms with E-state index in [2.05, 4.69) is 0 Å². The molecule has 3 nitrogen and oxygen atoms in total. The lowest BCUT2D eigenvalue weighted by Gasteiger charge is -2.23. The fourth-order valence-electron chi connectivity index (χ4n) is 1.47. The lowest BCUT2D eigenvalue weighted by atomic mass is 10.2. The number of rotatable bonds is 4. The van der Waals surface area contributed by atoms with Crippen LogP contribution < -0.4 is 5.73 Å². The fraction of sp³-hybridized carbons (Fsp3) is 0.417. The van der Waals surface area contributed by atoms with Gasteiger partial charge in [-0.1, -0.05) is 18.2 Å². The molecule has 0 aromatic heterocycles. The Bertz CT molecular complexity index is 366. The average molecular weight is 224 g/mol. The number of nitrogens with zero attached hydrogens (tertiary/aromatic N) is 1. The van der Waals surface area contributed by atoms with Gasteiger partial charge >= 0.3 is 0 Å². The van der Waals surface area contributed by atoms with Crippen molar-refractivity contribution in [3.8, 4) is 0 Å². The van der Waals surface area contributed by atoms with Crippen molar-refractivity contribution in [2.75, 3.05) is 6.54 Å². The fourth-order valence-corrected chi connectivity index (χ4v) is 1.47. The number of carbonyl (C=O) groups excluding carboxylic acids is 1. The van der Waals surface area contributed by atoms with Gasteiger partial charge in [-0.15, -0.1) is 0 Å². The Labute approximate surface area is 95.0 Å². The smallest absolute Gasteiger partial charge is 0.239 e. The van der Waals surface area contributed by atoms with Crippen LogP contribution in [-0.2, 0) is 11.3 Å². The molecule has 0 heterocycles. The molecule has 0 unspecified atom stereocenters. The third kappa shape index (κ3) is 3.03. The number of benzene rings is 1. The van der Waals surface area contributed by atoms with Gasteiger partial charge in [0.15, 0.2) is 0 Å². The highest BCUT2D eigenvalue weighted by Crippen LogP contribution is 2.10. The van der Waals surface area contributed by atoms with E-state index in [4.69, 9.17) is 5.73 Å². The zero-order chi connectivity index (χ0) is 12.1. The molecule has 1 aromatic carbocycles. The van der Waals surface area contributed by atoms with Crippen molar-refractivity contribution in [2.45, 2.75) is 26.4 Å². The Morgan fingerprint density at radius 2 is 2.12 bits per heavy atom. The topological polar surface area (TPSA) is 46.3 Å². The van der Waals surface area contributed by atoms with E-state index < -0.39 is 6.04 Å². The molecule has 1 aromatic rings. The lowest BCUT2D eigenvalue weighted by Crippen LogP contribution is -2.41. The molecule has 1 atom stereocenters. The molecular weight excluding hydrogens is 207 g/mol. The van der Waals surface area contributed by atoms with Crippen LogP contribution in [0.1, 0.15) is 19.4 Å². The summed E-state index contributed by atoms with van der Waals surface area (Å²) in [4.78, 5) is 13.2. The molecule has 0 bridgehead atoms. The van der Waals surface area contributed by atoms with Gasteiger partial charge in [0.2, 0.25) is 5.91 Å². The molecular formula is C12H17FN2O. The van der Waals surface area contributed by atoms with Crippen LogP contribution in [0.25, 0.3) is 0 Å². The minimum Gasteiger partial charge on any atom is -0.337 e. The Kier molecular flexibility index (Phi) is 4.43. The summed E-state index contributed by atoms with van der Waals surface area (Å²) >= 11 is 0. The second-order valence-corrected chi connectivity index (χ2v) is 3.73. The molecule has 1 rings (SSSR count). The number of hydrogen-bond acceptors (Lipinski definition) is 2. The normalized spacial score (nSPS) is 12.2. The monoisotopic (exact) mass is 224 g/mol. The van der Waals surface area contributed by atoms with Crippen LogP contribution in [0, 0.1) is 5.82 Å². The predicted molar refractivity (Wildman–Crippen MR) is 61.1 cm³/mol. The van der Waals surface area contributed by atoms with E-state index in [0.717, 1.165) is 0 Å². The SMILES string of the molecule is CCN(Cc1ccccc1F)C(=O)[C@H](C)N. The summed E-state index contributed by atoms with van der Waals surface area (Å²) in [6, 6.07) is 5.89.